The second-order valence-corrected chi connectivity index (χ2v) is 7.55. The monoisotopic (exact) mass is 289 g/mol. The minimum absolute atomic E-state index is 0.0865. The van der Waals surface area contributed by atoms with E-state index in [-0.39, 0.29) is 5.41 Å². The van der Waals surface area contributed by atoms with Crippen LogP contribution in [-0.2, 0) is 12.0 Å². The van der Waals surface area contributed by atoms with E-state index in [2.05, 4.69) is 57.0 Å². The lowest BCUT2D eigenvalue weighted by Gasteiger charge is -2.39. The van der Waals surface area contributed by atoms with Gasteiger partial charge in [-0.2, -0.15) is 0 Å². The predicted octanol–water partition coefficient (Wildman–Crippen LogP) is 3.72. The Morgan fingerprint density at radius 3 is 2.62 bits per heavy atom. The van der Waals surface area contributed by atoms with E-state index in [9.17, 15) is 0 Å². The molecule has 3 nitrogen and oxygen atoms in total. The number of hydrogen-bond acceptors (Lipinski definition) is 3. The summed E-state index contributed by atoms with van der Waals surface area (Å²) in [5.74, 6) is 1.90. The van der Waals surface area contributed by atoms with Gasteiger partial charge in [0.2, 0.25) is 0 Å². The van der Waals surface area contributed by atoms with Crippen molar-refractivity contribution < 1.29 is 0 Å². The molecule has 0 spiro atoms. The maximum Gasteiger partial charge on any atom is 0.129 e. The number of hydrogen-bond donors (Lipinski definition) is 1. The maximum atomic E-state index is 4.99. The van der Waals surface area contributed by atoms with Gasteiger partial charge in [0.1, 0.15) is 5.82 Å². The number of pyridine rings is 1. The number of nitrogens with zero attached hydrogens (tertiary/aromatic N) is 2. The molecule has 1 aliphatic heterocycles. The molecule has 1 aliphatic rings. The molecule has 0 radical (unpaired) electrons. The molecule has 1 fully saturated rings. The smallest absolute Gasteiger partial charge is 0.129 e. The zero-order valence-corrected chi connectivity index (χ0v) is 14.5. The molecule has 2 unspecified atom stereocenters. The number of rotatable bonds is 3. The van der Waals surface area contributed by atoms with Gasteiger partial charge in [0.15, 0.2) is 0 Å². The standard InChI is InChI=1S/C18H31N3/c1-13-8-7-9-21(14(13)2)17-11-15(12-19-6)10-16(20-17)18(3,4)5/h10-11,13-14,19H,7-9,12H2,1-6H3. The van der Waals surface area contributed by atoms with E-state index in [0.717, 1.165) is 24.8 Å². The summed E-state index contributed by atoms with van der Waals surface area (Å²) in [6.07, 6.45) is 2.61. The first-order valence-electron chi connectivity index (χ1n) is 8.25. The third-order valence-corrected chi connectivity index (χ3v) is 4.69. The molecule has 2 rings (SSSR count). The highest BCUT2D eigenvalue weighted by molar-refractivity contribution is 5.45. The first kappa shape index (κ1) is 16.3. The number of aromatic nitrogens is 1. The van der Waals surface area contributed by atoms with Crippen molar-refractivity contribution in [3.63, 3.8) is 0 Å². The molecule has 0 aliphatic carbocycles. The molecule has 21 heavy (non-hydrogen) atoms. The SMILES string of the molecule is CNCc1cc(N2CCCC(C)C2C)nc(C(C)(C)C)c1. The van der Waals surface area contributed by atoms with Crippen LogP contribution in [0.15, 0.2) is 12.1 Å². The van der Waals surface area contributed by atoms with Crippen LogP contribution in [0.1, 0.15) is 58.7 Å². The van der Waals surface area contributed by atoms with Crippen molar-refractivity contribution >= 4 is 5.82 Å². The fourth-order valence-corrected chi connectivity index (χ4v) is 3.07. The molecule has 2 heterocycles. The van der Waals surface area contributed by atoms with E-state index in [0.29, 0.717) is 6.04 Å². The molecule has 1 aromatic heterocycles. The highest BCUT2D eigenvalue weighted by Gasteiger charge is 2.27. The molecule has 3 heteroatoms. The van der Waals surface area contributed by atoms with E-state index < -0.39 is 0 Å². The Hall–Kier alpha value is -1.09. The van der Waals surface area contributed by atoms with E-state index in [4.69, 9.17) is 4.98 Å². The summed E-state index contributed by atoms with van der Waals surface area (Å²) in [6, 6.07) is 5.09. The van der Waals surface area contributed by atoms with E-state index in [1.54, 1.807) is 0 Å². The van der Waals surface area contributed by atoms with E-state index >= 15 is 0 Å². The molecule has 0 saturated carbocycles. The second kappa shape index (κ2) is 6.35. The van der Waals surface area contributed by atoms with Crippen LogP contribution in [0.25, 0.3) is 0 Å². The van der Waals surface area contributed by atoms with Crippen molar-refractivity contribution in [3.8, 4) is 0 Å². The Labute approximate surface area is 130 Å². The lowest BCUT2D eigenvalue weighted by Crippen LogP contribution is -2.43. The van der Waals surface area contributed by atoms with Gasteiger partial charge in [0.05, 0.1) is 0 Å². The van der Waals surface area contributed by atoms with Gasteiger partial charge in [0, 0.05) is 30.2 Å². The molecule has 0 amide bonds. The third-order valence-electron chi connectivity index (χ3n) is 4.69. The maximum absolute atomic E-state index is 4.99. The first-order valence-corrected chi connectivity index (χ1v) is 8.25. The molecule has 1 N–H and O–H groups in total. The van der Waals surface area contributed by atoms with Gasteiger partial charge in [-0.1, -0.05) is 27.7 Å². The lowest BCUT2D eigenvalue weighted by atomic mass is 9.90. The van der Waals surface area contributed by atoms with Gasteiger partial charge < -0.3 is 10.2 Å². The van der Waals surface area contributed by atoms with E-state index in [1.165, 1.54) is 24.1 Å². The normalized spacial score (nSPS) is 23.4. The van der Waals surface area contributed by atoms with Crippen molar-refractivity contribution in [1.29, 1.82) is 0 Å². The van der Waals surface area contributed by atoms with Crippen LogP contribution in [0.3, 0.4) is 0 Å². The third kappa shape index (κ3) is 3.76. The van der Waals surface area contributed by atoms with Crippen LogP contribution in [0.2, 0.25) is 0 Å². The molecule has 118 valence electrons. The van der Waals surface area contributed by atoms with Crippen molar-refractivity contribution in [2.45, 2.75) is 65.5 Å². The summed E-state index contributed by atoms with van der Waals surface area (Å²) in [6.45, 7) is 13.5. The minimum Gasteiger partial charge on any atom is -0.354 e. The zero-order chi connectivity index (χ0) is 15.6. The van der Waals surface area contributed by atoms with Crippen LogP contribution in [0, 0.1) is 5.92 Å². The van der Waals surface area contributed by atoms with Crippen LogP contribution >= 0.6 is 0 Å². The topological polar surface area (TPSA) is 28.2 Å². The van der Waals surface area contributed by atoms with Gasteiger partial charge >= 0.3 is 0 Å². The first-order chi connectivity index (χ1) is 9.82. The quantitative estimate of drug-likeness (QED) is 0.919. The summed E-state index contributed by atoms with van der Waals surface area (Å²) in [5, 5.41) is 3.27. The molecule has 0 bridgehead atoms. The number of nitrogens with one attached hydrogen (secondary N) is 1. The van der Waals surface area contributed by atoms with Crippen LogP contribution in [0.4, 0.5) is 5.82 Å². The Balaban J connectivity index is 2.39. The van der Waals surface area contributed by atoms with Gasteiger partial charge in [-0.15, -0.1) is 0 Å². The number of anilines is 1. The van der Waals surface area contributed by atoms with Crippen molar-refractivity contribution in [3.05, 3.63) is 23.4 Å². The molecule has 1 aromatic rings. The fourth-order valence-electron chi connectivity index (χ4n) is 3.07. The van der Waals surface area contributed by atoms with Crippen LogP contribution in [0.5, 0.6) is 0 Å². The summed E-state index contributed by atoms with van der Waals surface area (Å²) in [4.78, 5) is 7.50. The van der Waals surface area contributed by atoms with Gasteiger partial charge in [-0.25, -0.2) is 4.98 Å². The lowest BCUT2D eigenvalue weighted by molar-refractivity contribution is 0.361. The average molecular weight is 289 g/mol. The highest BCUT2D eigenvalue weighted by Crippen LogP contribution is 2.30. The largest absolute Gasteiger partial charge is 0.354 e. The Morgan fingerprint density at radius 2 is 2.00 bits per heavy atom. The zero-order valence-electron chi connectivity index (χ0n) is 14.5. The van der Waals surface area contributed by atoms with Gasteiger partial charge in [-0.3, -0.25) is 0 Å². The summed E-state index contributed by atoms with van der Waals surface area (Å²) >= 11 is 0. The Kier molecular flexibility index (Phi) is 4.92. The molecular weight excluding hydrogens is 258 g/mol. The van der Waals surface area contributed by atoms with Crippen LogP contribution < -0.4 is 10.2 Å². The molecule has 0 aromatic carbocycles. The fraction of sp³-hybridized carbons (Fsp3) is 0.722. The number of piperidine rings is 1. The van der Waals surface area contributed by atoms with Crippen LogP contribution in [-0.4, -0.2) is 24.6 Å². The van der Waals surface area contributed by atoms with Gasteiger partial charge in [-0.05, 0) is 50.4 Å². The molecule has 1 saturated heterocycles. The van der Waals surface area contributed by atoms with Crippen molar-refractivity contribution in [2.24, 2.45) is 5.92 Å². The van der Waals surface area contributed by atoms with Crippen molar-refractivity contribution in [1.82, 2.24) is 10.3 Å². The molecular formula is C18H31N3. The second-order valence-electron chi connectivity index (χ2n) is 7.55. The average Bonchev–Trinajstić information content (AvgIpc) is 2.41. The Morgan fingerprint density at radius 1 is 1.29 bits per heavy atom. The minimum atomic E-state index is 0.0865. The summed E-state index contributed by atoms with van der Waals surface area (Å²) in [5.41, 5.74) is 2.61. The van der Waals surface area contributed by atoms with Crippen molar-refractivity contribution in [2.75, 3.05) is 18.5 Å². The highest BCUT2D eigenvalue weighted by atomic mass is 15.2. The predicted molar refractivity (Wildman–Crippen MR) is 90.9 cm³/mol. The Bertz CT molecular complexity index is 476. The summed E-state index contributed by atoms with van der Waals surface area (Å²) < 4.78 is 0. The van der Waals surface area contributed by atoms with Gasteiger partial charge in [0.25, 0.3) is 0 Å². The summed E-state index contributed by atoms with van der Waals surface area (Å²) in [7, 11) is 2.00. The molecule has 2 atom stereocenters. The van der Waals surface area contributed by atoms with E-state index in [1.807, 2.05) is 7.05 Å².